The predicted molar refractivity (Wildman–Crippen MR) is 79.5 cm³/mol. The molecule has 1 saturated carbocycles. The lowest BCUT2D eigenvalue weighted by Crippen LogP contribution is -2.52. The molecule has 0 radical (unpaired) electrons. The monoisotopic (exact) mass is 302 g/mol. The highest BCUT2D eigenvalue weighted by Gasteiger charge is 2.34. The van der Waals surface area contributed by atoms with Crippen molar-refractivity contribution >= 4 is 23.5 Å². The summed E-state index contributed by atoms with van der Waals surface area (Å²) in [6, 6.07) is 7.36. The van der Waals surface area contributed by atoms with Crippen molar-refractivity contribution in [1.29, 1.82) is 0 Å². The highest BCUT2D eigenvalue weighted by Crippen LogP contribution is 2.45. The van der Waals surface area contributed by atoms with Gasteiger partial charge in [0, 0.05) is 18.8 Å². The van der Waals surface area contributed by atoms with Gasteiger partial charge in [-0.05, 0) is 42.4 Å². The average molecular weight is 302 g/mol. The Hall–Kier alpha value is -2.37. The van der Waals surface area contributed by atoms with E-state index in [0.717, 1.165) is 18.4 Å². The minimum Gasteiger partial charge on any atom is -0.481 e. The summed E-state index contributed by atoms with van der Waals surface area (Å²) in [7, 11) is 0. The Morgan fingerprint density at radius 1 is 1.36 bits per heavy atom. The highest BCUT2D eigenvalue weighted by molar-refractivity contribution is 6.41. The third-order valence-corrected chi connectivity index (χ3v) is 4.26. The maximum Gasteiger partial charge on any atom is 0.316 e. The molecule has 3 rings (SSSR count). The molecule has 0 aromatic heterocycles. The molecule has 116 valence electrons. The van der Waals surface area contributed by atoms with E-state index in [-0.39, 0.29) is 12.3 Å². The number of amides is 2. The van der Waals surface area contributed by atoms with Crippen LogP contribution >= 0.6 is 0 Å². The number of carbonyl (C=O) groups excluding carboxylic acids is 2. The Labute approximate surface area is 128 Å². The van der Waals surface area contributed by atoms with Gasteiger partial charge in [-0.15, -0.1) is 0 Å². The lowest BCUT2D eigenvalue weighted by Gasteiger charge is -2.27. The number of benzene rings is 1. The van der Waals surface area contributed by atoms with Crippen molar-refractivity contribution in [3.63, 3.8) is 0 Å². The largest absolute Gasteiger partial charge is 0.481 e. The fraction of sp³-hybridized carbons (Fsp3) is 0.438. The topological polar surface area (TPSA) is 86.7 Å². The van der Waals surface area contributed by atoms with Crippen LogP contribution in [-0.4, -0.2) is 36.0 Å². The quantitative estimate of drug-likeness (QED) is 0.798. The van der Waals surface area contributed by atoms with E-state index in [1.54, 1.807) is 6.07 Å². The van der Waals surface area contributed by atoms with Crippen LogP contribution in [0.25, 0.3) is 0 Å². The van der Waals surface area contributed by atoms with Crippen LogP contribution in [0.4, 0.5) is 5.69 Å². The molecular formula is C16H18N2O4. The first-order valence-electron chi connectivity index (χ1n) is 7.47. The number of piperazine rings is 1. The Balaban J connectivity index is 1.86. The van der Waals surface area contributed by atoms with E-state index in [9.17, 15) is 14.4 Å². The second kappa shape index (κ2) is 5.79. The summed E-state index contributed by atoms with van der Waals surface area (Å²) in [6.45, 7) is 0.858. The zero-order valence-corrected chi connectivity index (χ0v) is 12.1. The fourth-order valence-corrected chi connectivity index (χ4v) is 2.99. The molecule has 1 aliphatic carbocycles. The van der Waals surface area contributed by atoms with Crippen molar-refractivity contribution in [2.24, 2.45) is 5.92 Å². The Kier molecular flexibility index (Phi) is 3.83. The molecule has 1 unspecified atom stereocenters. The number of anilines is 1. The van der Waals surface area contributed by atoms with Crippen LogP contribution in [0.3, 0.4) is 0 Å². The fourth-order valence-electron chi connectivity index (χ4n) is 2.99. The van der Waals surface area contributed by atoms with E-state index in [1.807, 2.05) is 18.2 Å². The summed E-state index contributed by atoms with van der Waals surface area (Å²) in [6.07, 6.45) is 2.20. The number of hydrogen-bond acceptors (Lipinski definition) is 3. The summed E-state index contributed by atoms with van der Waals surface area (Å²) >= 11 is 0. The minimum atomic E-state index is -0.810. The van der Waals surface area contributed by atoms with Crippen LogP contribution in [-0.2, 0) is 14.4 Å². The molecule has 2 aliphatic rings. The van der Waals surface area contributed by atoms with Crippen LogP contribution in [0, 0.1) is 5.92 Å². The smallest absolute Gasteiger partial charge is 0.316 e. The van der Waals surface area contributed by atoms with Crippen molar-refractivity contribution in [1.82, 2.24) is 5.32 Å². The number of rotatable bonds is 5. The third kappa shape index (κ3) is 2.95. The molecular weight excluding hydrogens is 284 g/mol. The molecule has 6 nitrogen and oxygen atoms in total. The van der Waals surface area contributed by atoms with Crippen LogP contribution in [0.15, 0.2) is 24.3 Å². The molecule has 2 amide bonds. The summed E-state index contributed by atoms with van der Waals surface area (Å²) in [5.74, 6) is -1.58. The van der Waals surface area contributed by atoms with E-state index in [2.05, 4.69) is 5.32 Å². The standard InChI is InChI=1S/C16H18N2O4/c19-14(20)9-13(10-4-5-10)11-2-1-3-12(8-11)18-7-6-17-15(21)16(18)22/h1-3,8,10,13H,4-7,9H2,(H,17,21)(H,19,20). The van der Waals surface area contributed by atoms with Crippen LogP contribution in [0.5, 0.6) is 0 Å². The summed E-state index contributed by atoms with van der Waals surface area (Å²) in [4.78, 5) is 36.0. The number of nitrogens with zero attached hydrogens (tertiary/aromatic N) is 1. The van der Waals surface area contributed by atoms with Gasteiger partial charge in [-0.3, -0.25) is 14.4 Å². The van der Waals surface area contributed by atoms with Crippen LogP contribution in [0.2, 0.25) is 0 Å². The molecule has 2 N–H and O–H groups in total. The van der Waals surface area contributed by atoms with Crippen molar-refractivity contribution in [3.05, 3.63) is 29.8 Å². The SMILES string of the molecule is O=C(O)CC(c1cccc(N2CCNC(=O)C2=O)c1)C1CC1. The van der Waals surface area contributed by atoms with E-state index in [0.29, 0.717) is 24.7 Å². The zero-order chi connectivity index (χ0) is 15.7. The molecule has 2 fully saturated rings. The van der Waals surface area contributed by atoms with Gasteiger partial charge in [-0.25, -0.2) is 0 Å². The second-order valence-corrected chi connectivity index (χ2v) is 5.85. The molecule has 6 heteroatoms. The van der Waals surface area contributed by atoms with Gasteiger partial charge in [0.2, 0.25) is 0 Å². The van der Waals surface area contributed by atoms with E-state index in [1.165, 1.54) is 4.90 Å². The number of hydrogen-bond donors (Lipinski definition) is 2. The van der Waals surface area contributed by atoms with Gasteiger partial charge in [0.15, 0.2) is 0 Å². The van der Waals surface area contributed by atoms with E-state index in [4.69, 9.17) is 5.11 Å². The van der Waals surface area contributed by atoms with Gasteiger partial charge < -0.3 is 15.3 Å². The first kappa shape index (κ1) is 14.6. The van der Waals surface area contributed by atoms with Gasteiger partial charge in [-0.2, -0.15) is 0 Å². The molecule has 1 aliphatic heterocycles. The normalized spacial score (nSPS) is 19.7. The van der Waals surface area contributed by atoms with E-state index >= 15 is 0 Å². The summed E-state index contributed by atoms with van der Waals surface area (Å²) in [5.41, 5.74) is 1.59. The van der Waals surface area contributed by atoms with Crippen molar-refractivity contribution in [2.45, 2.75) is 25.2 Å². The molecule has 1 heterocycles. The number of carboxylic acid groups (broad SMARTS) is 1. The molecule has 0 spiro atoms. The van der Waals surface area contributed by atoms with Crippen molar-refractivity contribution in [3.8, 4) is 0 Å². The third-order valence-electron chi connectivity index (χ3n) is 4.26. The minimum absolute atomic E-state index is 0.0221. The van der Waals surface area contributed by atoms with Crippen molar-refractivity contribution < 1.29 is 19.5 Å². The molecule has 1 atom stereocenters. The lowest BCUT2D eigenvalue weighted by atomic mass is 9.90. The molecule has 1 aromatic rings. The first-order valence-corrected chi connectivity index (χ1v) is 7.47. The summed E-state index contributed by atoms with van der Waals surface area (Å²) < 4.78 is 0. The number of carboxylic acids is 1. The Morgan fingerprint density at radius 3 is 2.82 bits per heavy atom. The highest BCUT2D eigenvalue weighted by atomic mass is 16.4. The van der Waals surface area contributed by atoms with Gasteiger partial charge in [0.1, 0.15) is 0 Å². The average Bonchev–Trinajstić information content (AvgIpc) is 3.32. The maximum absolute atomic E-state index is 12.0. The molecule has 1 aromatic carbocycles. The lowest BCUT2D eigenvalue weighted by molar-refractivity contribution is -0.138. The van der Waals surface area contributed by atoms with Gasteiger partial charge in [0.25, 0.3) is 0 Å². The van der Waals surface area contributed by atoms with E-state index < -0.39 is 17.8 Å². The molecule has 0 bridgehead atoms. The van der Waals surface area contributed by atoms with Gasteiger partial charge in [-0.1, -0.05) is 12.1 Å². The van der Waals surface area contributed by atoms with Crippen LogP contribution in [0.1, 0.15) is 30.7 Å². The van der Waals surface area contributed by atoms with Gasteiger partial charge >= 0.3 is 17.8 Å². The van der Waals surface area contributed by atoms with Crippen LogP contribution < -0.4 is 10.2 Å². The van der Waals surface area contributed by atoms with Gasteiger partial charge in [0.05, 0.1) is 6.42 Å². The number of nitrogens with one attached hydrogen (secondary N) is 1. The molecule has 1 saturated heterocycles. The number of carbonyl (C=O) groups is 3. The zero-order valence-electron chi connectivity index (χ0n) is 12.1. The Bertz CT molecular complexity index is 624. The predicted octanol–water partition coefficient (Wildman–Crippen LogP) is 1.12. The first-order chi connectivity index (χ1) is 10.6. The maximum atomic E-state index is 12.0. The molecule has 22 heavy (non-hydrogen) atoms. The Morgan fingerprint density at radius 2 is 2.14 bits per heavy atom. The second-order valence-electron chi connectivity index (χ2n) is 5.85. The van der Waals surface area contributed by atoms with Crippen molar-refractivity contribution in [2.75, 3.05) is 18.0 Å². The summed E-state index contributed by atoms with van der Waals surface area (Å²) in [5, 5.41) is 11.6. The number of aliphatic carboxylic acids is 1.